The molecule has 0 saturated carbocycles. The van der Waals surface area contributed by atoms with E-state index in [-0.39, 0.29) is 11.7 Å². The summed E-state index contributed by atoms with van der Waals surface area (Å²) in [6, 6.07) is 14.1. The Morgan fingerprint density at radius 1 is 1.00 bits per heavy atom. The molecular weight excluding hydrogens is 437 g/mol. The van der Waals surface area contributed by atoms with Crippen LogP contribution in [0.25, 0.3) is 16.9 Å². The molecule has 8 heteroatoms. The maximum Gasteiger partial charge on any atom is 0.257 e. The van der Waals surface area contributed by atoms with Gasteiger partial charge in [-0.3, -0.25) is 4.79 Å². The monoisotopic (exact) mass is 461 g/mol. The predicted molar refractivity (Wildman–Crippen MR) is 129 cm³/mol. The first kappa shape index (κ1) is 21.3. The fraction of sp³-hybridized carbons (Fsp3) is 0.240. The standard InChI is InChI=1S/C25H24FN5OS/c1-18-3-5-19(6-4-18)23-22(17-31(28-23)21-9-7-20(26)8-10-21)24(32)29-12-2-13-30(15-14-29)25-27-11-16-33-25/h3-11,16-17H,2,12-15H2,1H3. The van der Waals surface area contributed by atoms with Gasteiger partial charge in [0.1, 0.15) is 11.5 Å². The highest BCUT2D eigenvalue weighted by Crippen LogP contribution is 2.27. The number of anilines is 1. The molecule has 3 heterocycles. The number of thiazole rings is 1. The number of aromatic nitrogens is 3. The van der Waals surface area contributed by atoms with Crippen molar-refractivity contribution in [3.8, 4) is 16.9 Å². The minimum atomic E-state index is -0.310. The molecular formula is C25H24FN5OS. The highest BCUT2D eigenvalue weighted by molar-refractivity contribution is 7.13. The molecule has 4 aromatic rings. The summed E-state index contributed by atoms with van der Waals surface area (Å²) in [7, 11) is 0. The van der Waals surface area contributed by atoms with Gasteiger partial charge in [0.25, 0.3) is 5.91 Å². The maximum absolute atomic E-state index is 13.7. The molecule has 0 unspecified atom stereocenters. The van der Waals surface area contributed by atoms with Gasteiger partial charge in [-0.2, -0.15) is 5.10 Å². The lowest BCUT2D eigenvalue weighted by Gasteiger charge is -2.21. The Kier molecular flexibility index (Phi) is 5.92. The van der Waals surface area contributed by atoms with Crippen molar-refractivity contribution in [1.82, 2.24) is 19.7 Å². The predicted octanol–water partition coefficient (Wildman–Crippen LogP) is 4.80. The van der Waals surface area contributed by atoms with E-state index < -0.39 is 0 Å². The number of nitrogens with zero attached hydrogens (tertiary/aromatic N) is 5. The average Bonchev–Trinajstić information content (AvgIpc) is 3.46. The molecule has 1 saturated heterocycles. The zero-order valence-electron chi connectivity index (χ0n) is 18.3. The van der Waals surface area contributed by atoms with E-state index in [4.69, 9.17) is 5.10 Å². The van der Waals surface area contributed by atoms with Crippen LogP contribution in [-0.2, 0) is 0 Å². The van der Waals surface area contributed by atoms with Crippen LogP contribution in [-0.4, -0.2) is 51.8 Å². The molecule has 2 aromatic carbocycles. The Bertz CT molecular complexity index is 1240. The molecule has 0 bridgehead atoms. The van der Waals surface area contributed by atoms with Crippen molar-refractivity contribution in [2.75, 3.05) is 31.1 Å². The van der Waals surface area contributed by atoms with Crippen molar-refractivity contribution in [3.05, 3.63) is 83.2 Å². The van der Waals surface area contributed by atoms with Gasteiger partial charge in [-0.05, 0) is 37.6 Å². The third-order valence-corrected chi connectivity index (χ3v) is 6.67. The summed E-state index contributed by atoms with van der Waals surface area (Å²) in [6.45, 7) is 4.93. The fourth-order valence-electron chi connectivity index (χ4n) is 4.04. The lowest BCUT2D eigenvalue weighted by Crippen LogP contribution is -2.35. The summed E-state index contributed by atoms with van der Waals surface area (Å²) in [4.78, 5) is 22.2. The van der Waals surface area contributed by atoms with E-state index in [0.717, 1.165) is 35.8 Å². The molecule has 0 atom stereocenters. The summed E-state index contributed by atoms with van der Waals surface area (Å²) in [5.41, 5.74) is 3.90. The van der Waals surface area contributed by atoms with Crippen molar-refractivity contribution in [2.24, 2.45) is 0 Å². The molecule has 5 rings (SSSR count). The number of amides is 1. The van der Waals surface area contributed by atoms with Gasteiger partial charge >= 0.3 is 0 Å². The highest BCUT2D eigenvalue weighted by Gasteiger charge is 2.26. The Labute approximate surface area is 195 Å². The number of halogens is 1. The molecule has 1 aliphatic heterocycles. The van der Waals surface area contributed by atoms with Gasteiger partial charge in [0.2, 0.25) is 0 Å². The van der Waals surface area contributed by atoms with E-state index >= 15 is 0 Å². The van der Waals surface area contributed by atoms with Crippen LogP contribution in [0.5, 0.6) is 0 Å². The number of carbonyl (C=O) groups is 1. The topological polar surface area (TPSA) is 54.3 Å². The zero-order chi connectivity index (χ0) is 22.8. The molecule has 0 N–H and O–H groups in total. The van der Waals surface area contributed by atoms with Crippen LogP contribution in [0.1, 0.15) is 22.3 Å². The van der Waals surface area contributed by atoms with Gasteiger partial charge in [0, 0.05) is 49.5 Å². The molecule has 1 aliphatic rings. The van der Waals surface area contributed by atoms with E-state index in [2.05, 4.69) is 9.88 Å². The fourth-order valence-corrected chi connectivity index (χ4v) is 4.73. The van der Waals surface area contributed by atoms with Gasteiger partial charge in [-0.15, -0.1) is 11.3 Å². The quantitative estimate of drug-likeness (QED) is 0.438. The van der Waals surface area contributed by atoms with E-state index in [9.17, 15) is 9.18 Å². The van der Waals surface area contributed by atoms with E-state index in [1.54, 1.807) is 34.3 Å². The lowest BCUT2D eigenvalue weighted by atomic mass is 10.1. The average molecular weight is 462 g/mol. The van der Waals surface area contributed by atoms with Gasteiger partial charge in [0.15, 0.2) is 5.13 Å². The van der Waals surface area contributed by atoms with Crippen molar-refractivity contribution in [2.45, 2.75) is 13.3 Å². The van der Waals surface area contributed by atoms with Crippen LogP contribution < -0.4 is 4.90 Å². The van der Waals surface area contributed by atoms with Crippen molar-refractivity contribution < 1.29 is 9.18 Å². The third kappa shape index (κ3) is 4.52. The first-order chi connectivity index (χ1) is 16.1. The first-order valence-corrected chi connectivity index (χ1v) is 11.8. The second kappa shape index (κ2) is 9.15. The van der Waals surface area contributed by atoms with Gasteiger partial charge in [-0.25, -0.2) is 14.1 Å². The van der Waals surface area contributed by atoms with Gasteiger partial charge < -0.3 is 9.80 Å². The number of rotatable bonds is 4. The molecule has 168 valence electrons. The molecule has 6 nitrogen and oxygen atoms in total. The summed E-state index contributed by atoms with van der Waals surface area (Å²) in [5, 5.41) is 7.70. The molecule has 1 amide bonds. The molecule has 0 aliphatic carbocycles. The number of hydrogen-bond acceptors (Lipinski definition) is 5. The minimum Gasteiger partial charge on any atom is -0.346 e. The summed E-state index contributed by atoms with van der Waals surface area (Å²) in [6.07, 6.45) is 4.44. The van der Waals surface area contributed by atoms with Crippen LogP contribution in [0.4, 0.5) is 9.52 Å². The number of carbonyl (C=O) groups excluding carboxylic acids is 1. The highest BCUT2D eigenvalue weighted by atomic mass is 32.1. The number of benzene rings is 2. The van der Waals surface area contributed by atoms with Crippen LogP contribution in [0.2, 0.25) is 0 Å². The Morgan fingerprint density at radius 2 is 1.79 bits per heavy atom. The first-order valence-electron chi connectivity index (χ1n) is 10.9. The molecule has 0 radical (unpaired) electrons. The smallest absolute Gasteiger partial charge is 0.257 e. The maximum atomic E-state index is 13.7. The van der Waals surface area contributed by atoms with E-state index in [1.165, 1.54) is 12.1 Å². The Hall–Kier alpha value is -3.52. The van der Waals surface area contributed by atoms with Gasteiger partial charge in [-0.1, -0.05) is 29.8 Å². The Morgan fingerprint density at radius 3 is 2.52 bits per heavy atom. The third-order valence-electron chi connectivity index (χ3n) is 5.83. The Balaban J connectivity index is 1.47. The van der Waals surface area contributed by atoms with Crippen molar-refractivity contribution >= 4 is 22.4 Å². The molecule has 0 spiro atoms. The van der Waals surface area contributed by atoms with Crippen LogP contribution in [0.15, 0.2) is 66.3 Å². The SMILES string of the molecule is Cc1ccc(-c2nn(-c3ccc(F)cc3)cc2C(=O)N2CCCN(c3nccs3)CC2)cc1. The number of aryl methyl sites for hydroxylation is 1. The second-order valence-corrected chi connectivity index (χ2v) is 9.00. The van der Waals surface area contributed by atoms with E-state index in [1.807, 2.05) is 47.7 Å². The summed E-state index contributed by atoms with van der Waals surface area (Å²) in [5.74, 6) is -0.352. The van der Waals surface area contributed by atoms with Crippen molar-refractivity contribution in [3.63, 3.8) is 0 Å². The number of hydrogen-bond donors (Lipinski definition) is 0. The van der Waals surface area contributed by atoms with Gasteiger partial charge in [0.05, 0.1) is 11.3 Å². The molecule has 1 fully saturated rings. The largest absolute Gasteiger partial charge is 0.346 e. The molecule has 33 heavy (non-hydrogen) atoms. The summed E-state index contributed by atoms with van der Waals surface area (Å²) < 4.78 is 15.1. The minimum absolute atomic E-state index is 0.0417. The normalized spacial score (nSPS) is 14.4. The van der Waals surface area contributed by atoms with Crippen LogP contribution in [0.3, 0.4) is 0 Å². The van der Waals surface area contributed by atoms with E-state index in [0.29, 0.717) is 30.0 Å². The summed E-state index contributed by atoms with van der Waals surface area (Å²) >= 11 is 1.62. The van der Waals surface area contributed by atoms with Crippen LogP contribution >= 0.6 is 11.3 Å². The molecule has 2 aromatic heterocycles. The van der Waals surface area contributed by atoms with Crippen molar-refractivity contribution in [1.29, 1.82) is 0 Å². The lowest BCUT2D eigenvalue weighted by molar-refractivity contribution is 0.0767. The zero-order valence-corrected chi connectivity index (χ0v) is 19.1. The second-order valence-electron chi connectivity index (χ2n) is 8.13. The van der Waals surface area contributed by atoms with Crippen LogP contribution in [0, 0.1) is 12.7 Å².